The number of halogens is 1. The zero-order valence-corrected chi connectivity index (χ0v) is 12.5. The van der Waals surface area contributed by atoms with Crippen LogP contribution < -0.4 is 5.32 Å². The Hall–Kier alpha value is -1.39. The molecule has 2 rings (SSSR count). The number of carbonyl (C=O) groups is 2. The molecule has 1 aliphatic rings. The molecule has 4 nitrogen and oxygen atoms in total. The van der Waals surface area contributed by atoms with Crippen LogP contribution in [0.4, 0.5) is 5.69 Å². The number of rotatable bonds is 3. The van der Waals surface area contributed by atoms with Crippen molar-refractivity contribution in [2.45, 2.75) is 32.7 Å². The first-order valence-corrected chi connectivity index (χ1v) is 7.18. The number of Topliss-reactive ketones (excluding diaryl/α,β-unsaturated/α-hetero) is 1. The molecule has 0 saturated carbocycles. The molecular weight excluding hydrogens is 276 g/mol. The monoisotopic (exact) mass is 294 g/mol. The molecule has 20 heavy (non-hydrogen) atoms. The molecule has 0 bridgehead atoms. The van der Waals surface area contributed by atoms with Crippen molar-refractivity contribution in [2.24, 2.45) is 0 Å². The Morgan fingerprint density at radius 3 is 2.65 bits per heavy atom. The zero-order chi connectivity index (χ0) is 14.7. The fraction of sp³-hybridized carbons (Fsp3) is 0.467. The second-order valence-electron chi connectivity index (χ2n) is 5.15. The first-order chi connectivity index (χ1) is 9.49. The van der Waals surface area contributed by atoms with Gasteiger partial charge in [-0.1, -0.05) is 17.7 Å². The summed E-state index contributed by atoms with van der Waals surface area (Å²) in [4.78, 5) is 25.5. The van der Waals surface area contributed by atoms with Crippen LogP contribution >= 0.6 is 11.6 Å². The van der Waals surface area contributed by atoms with Crippen molar-refractivity contribution in [3.63, 3.8) is 0 Å². The smallest absolute Gasteiger partial charge is 0.241 e. The number of carbonyl (C=O) groups excluding carboxylic acids is 2. The molecule has 1 unspecified atom stereocenters. The van der Waals surface area contributed by atoms with Crippen LogP contribution in [0, 0.1) is 6.92 Å². The van der Waals surface area contributed by atoms with Gasteiger partial charge >= 0.3 is 0 Å². The number of benzene rings is 1. The molecule has 0 spiro atoms. The van der Waals surface area contributed by atoms with Gasteiger partial charge in [-0.2, -0.15) is 0 Å². The first kappa shape index (κ1) is 15.0. The van der Waals surface area contributed by atoms with Gasteiger partial charge in [-0.15, -0.1) is 0 Å². The standard InChI is InChI=1S/C15H19ClN2O2/c1-10-13(16)4-3-5-14(10)17-15(20)11(2)18-8-6-12(19)7-9-18/h3-5,11H,6-9H2,1-2H3,(H,17,20). The van der Waals surface area contributed by atoms with Crippen molar-refractivity contribution in [1.29, 1.82) is 0 Å². The molecule has 1 aromatic rings. The van der Waals surface area contributed by atoms with Gasteiger partial charge in [0, 0.05) is 36.6 Å². The van der Waals surface area contributed by atoms with Crippen LogP contribution in [0.5, 0.6) is 0 Å². The van der Waals surface area contributed by atoms with Gasteiger partial charge in [-0.3, -0.25) is 14.5 Å². The molecule has 0 aliphatic carbocycles. The van der Waals surface area contributed by atoms with Crippen LogP contribution in [0.1, 0.15) is 25.3 Å². The minimum Gasteiger partial charge on any atom is -0.324 e. The Labute approximate surface area is 124 Å². The molecule has 1 fully saturated rings. The lowest BCUT2D eigenvalue weighted by Gasteiger charge is -2.30. The van der Waals surface area contributed by atoms with E-state index in [9.17, 15) is 9.59 Å². The number of nitrogens with one attached hydrogen (secondary N) is 1. The zero-order valence-electron chi connectivity index (χ0n) is 11.8. The predicted octanol–water partition coefficient (Wildman–Crippen LogP) is 2.64. The minimum atomic E-state index is -0.249. The summed E-state index contributed by atoms with van der Waals surface area (Å²) >= 11 is 6.04. The van der Waals surface area contributed by atoms with Gasteiger partial charge in [-0.05, 0) is 31.5 Å². The van der Waals surface area contributed by atoms with Gasteiger partial charge in [0.1, 0.15) is 5.78 Å². The molecular formula is C15H19ClN2O2. The van der Waals surface area contributed by atoms with E-state index < -0.39 is 0 Å². The number of piperidine rings is 1. The van der Waals surface area contributed by atoms with E-state index in [0.29, 0.717) is 31.0 Å². The van der Waals surface area contributed by atoms with E-state index >= 15 is 0 Å². The second kappa shape index (κ2) is 6.37. The lowest BCUT2D eigenvalue weighted by atomic mass is 10.1. The summed E-state index contributed by atoms with van der Waals surface area (Å²) in [6.45, 7) is 5.05. The lowest BCUT2D eigenvalue weighted by Crippen LogP contribution is -2.46. The maximum absolute atomic E-state index is 12.3. The van der Waals surface area contributed by atoms with E-state index in [-0.39, 0.29) is 17.7 Å². The molecule has 1 aliphatic heterocycles. The van der Waals surface area contributed by atoms with Crippen molar-refractivity contribution in [1.82, 2.24) is 4.90 Å². The molecule has 108 valence electrons. The highest BCUT2D eigenvalue weighted by Crippen LogP contribution is 2.23. The average molecular weight is 295 g/mol. The number of anilines is 1. The molecule has 1 aromatic carbocycles. The Balaban J connectivity index is 2.00. The molecule has 5 heteroatoms. The maximum Gasteiger partial charge on any atom is 0.241 e. The number of nitrogens with zero attached hydrogens (tertiary/aromatic N) is 1. The minimum absolute atomic E-state index is 0.0651. The van der Waals surface area contributed by atoms with E-state index in [4.69, 9.17) is 11.6 Å². The van der Waals surface area contributed by atoms with Crippen LogP contribution in [0.3, 0.4) is 0 Å². The number of ketones is 1. The number of hydrogen-bond acceptors (Lipinski definition) is 3. The average Bonchev–Trinajstić information content (AvgIpc) is 2.44. The maximum atomic E-state index is 12.3. The Kier molecular flexibility index (Phi) is 4.78. The summed E-state index contributed by atoms with van der Waals surface area (Å²) < 4.78 is 0. The summed E-state index contributed by atoms with van der Waals surface area (Å²) in [6, 6.07) is 5.20. The molecule has 1 amide bonds. The van der Waals surface area contributed by atoms with E-state index in [0.717, 1.165) is 11.3 Å². The highest BCUT2D eigenvalue weighted by Gasteiger charge is 2.25. The topological polar surface area (TPSA) is 49.4 Å². The van der Waals surface area contributed by atoms with Gasteiger partial charge in [0.05, 0.1) is 6.04 Å². The molecule has 0 radical (unpaired) electrons. The van der Waals surface area contributed by atoms with Crippen molar-refractivity contribution < 1.29 is 9.59 Å². The first-order valence-electron chi connectivity index (χ1n) is 6.81. The Morgan fingerprint density at radius 1 is 1.35 bits per heavy atom. The lowest BCUT2D eigenvalue weighted by molar-refractivity contribution is -0.126. The van der Waals surface area contributed by atoms with Gasteiger partial charge < -0.3 is 5.32 Å². The quantitative estimate of drug-likeness (QED) is 0.932. The third-order valence-electron chi connectivity index (χ3n) is 3.81. The molecule has 1 atom stereocenters. The summed E-state index contributed by atoms with van der Waals surface area (Å²) in [5.74, 6) is 0.212. The Morgan fingerprint density at radius 2 is 2.00 bits per heavy atom. The summed E-state index contributed by atoms with van der Waals surface area (Å²) in [5.41, 5.74) is 1.60. The largest absolute Gasteiger partial charge is 0.324 e. The fourth-order valence-electron chi connectivity index (χ4n) is 2.31. The summed E-state index contributed by atoms with van der Waals surface area (Å²) in [5, 5.41) is 3.55. The van der Waals surface area contributed by atoms with Gasteiger partial charge in [0.2, 0.25) is 5.91 Å². The molecule has 1 N–H and O–H groups in total. The molecule has 1 saturated heterocycles. The highest BCUT2D eigenvalue weighted by atomic mass is 35.5. The summed E-state index contributed by atoms with van der Waals surface area (Å²) in [7, 11) is 0. The molecule has 0 aromatic heterocycles. The number of likely N-dealkylation sites (tertiary alicyclic amines) is 1. The third kappa shape index (κ3) is 3.38. The van der Waals surface area contributed by atoms with Gasteiger partial charge in [0.25, 0.3) is 0 Å². The summed E-state index contributed by atoms with van der Waals surface area (Å²) in [6.07, 6.45) is 1.07. The highest BCUT2D eigenvalue weighted by molar-refractivity contribution is 6.31. The van der Waals surface area contributed by atoms with E-state index in [2.05, 4.69) is 5.32 Å². The van der Waals surface area contributed by atoms with Gasteiger partial charge in [0.15, 0.2) is 0 Å². The van der Waals surface area contributed by atoms with Crippen LogP contribution in [0.25, 0.3) is 0 Å². The number of amides is 1. The van der Waals surface area contributed by atoms with Crippen molar-refractivity contribution >= 4 is 29.0 Å². The van der Waals surface area contributed by atoms with Crippen LogP contribution in [0.15, 0.2) is 18.2 Å². The third-order valence-corrected chi connectivity index (χ3v) is 4.22. The van der Waals surface area contributed by atoms with Gasteiger partial charge in [-0.25, -0.2) is 0 Å². The van der Waals surface area contributed by atoms with E-state index in [1.807, 2.05) is 30.9 Å². The SMILES string of the molecule is Cc1c(Cl)cccc1NC(=O)C(C)N1CCC(=O)CC1. The fourth-order valence-corrected chi connectivity index (χ4v) is 2.48. The normalized spacial score (nSPS) is 17.9. The van der Waals surface area contributed by atoms with Crippen LogP contribution in [0.2, 0.25) is 5.02 Å². The van der Waals surface area contributed by atoms with Crippen molar-refractivity contribution in [2.75, 3.05) is 18.4 Å². The van der Waals surface area contributed by atoms with E-state index in [1.54, 1.807) is 6.07 Å². The van der Waals surface area contributed by atoms with Crippen LogP contribution in [-0.2, 0) is 9.59 Å². The molecule has 1 heterocycles. The Bertz CT molecular complexity index is 521. The van der Waals surface area contributed by atoms with Crippen LogP contribution in [-0.4, -0.2) is 35.7 Å². The van der Waals surface area contributed by atoms with Crippen molar-refractivity contribution in [3.05, 3.63) is 28.8 Å². The second-order valence-corrected chi connectivity index (χ2v) is 5.56. The van der Waals surface area contributed by atoms with E-state index in [1.165, 1.54) is 0 Å². The predicted molar refractivity (Wildman–Crippen MR) is 80.1 cm³/mol. The number of hydrogen-bond donors (Lipinski definition) is 1. The van der Waals surface area contributed by atoms with Crippen molar-refractivity contribution in [3.8, 4) is 0 Å².